The van der Waals surface area contributed by atoms with Crippen LogP contribution in [0.15, 0.2) is 64.4 Å². The summed E-state index contributed by atoms with van der Waals surface area (Å²) in [6, 6.07) is 5.59. The summed E-state index contributed by atoms with van der Waals surface area (Å²) in [5.41, 5.74) is 2.60. The monoisotopic (exact) mass is 396 g/mol. The fraction of sp³-hybridized carbons (Fsp3) is 0.150. The lowest BCUT2D eigenvalue weighted by Gasteiger charge is -2.15. The number of amides is 1. The van der Waals surface area contributed by atoms with Crippen LogP contribution in [0.25, 0.3) is 21.2 Å². The summed E-state index contributed by atoms with van der Waals surface area (Å²) in [7, 11) is 0. The Morgan fingerprint density at radius 2 is 2.18 bits per heavy atom. The van der Waals surface area contributed by atoms with Crippen molar-refractivity contribution in [2.24, 2.45) is 0 Å². The van der Waals surface area contributed by atoms with Gasteiger partial charge in [0.1, 0.15) is 17.9 Å². The van der Waals surface area contributed by atoms with E-state index < -0.39 is 11.7 Å². The molecule has 8 heteroatoms. The zero-order valence-corrected chi connectivity index (χ0v) is 16.1. The van der Waals surface area contributed by atoms with Gasteiger partial charge in [-0.25, -0.2) is 14.4 Å². The van der Waals surface area contributed by atoms with Crippen molar-refractivity contribution in [3.05, 3.63) is 65.6 Å². The molecule has 3 aromatic heterocycles. The first kappa shape index (κ1) is 18.1. The third-order valence-corrected chi connectivity index (χ3v) is 5.57. The van der Waals surface area contributed by atoms with Crippen LogP contribution in [0.1, 0.15) is 12.5 Å². The topological polar surface area (TPSA) is 80.0 Å². The van der Waals surface area contributed by atoms with Crippen LogP contribution in [0.5, 0.6) is 0 Å². The zero-order chi connectivity index (χ0) is 19.7. The van der Waals surface area contributed by atoms with Crippen molar-refractivity contribution in [1.29, 1.82) is 0 Å². The molecule has 142 valence electrons. The maximum absolute atomic E-state index is 14.0. The minimum atomic E-state index is -0.508. The van der Waals surface area contributed by atoms with E-state index in [-0.39, 0.29) is 12.1 Å². The molecular formula is C20H17FN4O2S. The Kier molecular flexibility index (Phi) is 4.79. The van der Waals surface area contributed by atoms with E-state index in [9.17, 15) is 9.18 Å². The summed E-state index contributed by atoms with van der Waals surface area (Å²) < 4.78 is 19.3. The highest BCUT2D eigenvalue weighted by molar-refractivity contribution is 7.19. The van der Waals surface area contributed by atoms with Crippen molar-refractivity contribution in [2.75, 3.05) is 11.9 Å². The lowest BCUT2D eigenvalue weighted by atomic mass is 10.0. The van der Waals surface area contributed by atoms with Crippen LogP contribution >= 0.6 is 11.3 Å². The normalized spacial score (nSPS) is 13.9. The van der Waals surface area contributed by atoms with Gasteiger partial charge in [-0.1, -0.05) is 0 Å². The molecule has 6 nitrogen and oxygen atoms in total. The summed E-state index contributed by atoms with van der Waals surface area (Å²) in [5, 5.41) is 5.43. The molecule has 0 unspecified atom stereocenters. The lowest BCUT2D eigenvalue weighted by Crippen LogP contribution is -2.24. The Labute approximate surface area is 164 Å². The van der Waals surface area contributed by atoms with Crippen LogP contribution in [0.2, 0.25) is 0 Å². The van der Waals surface area contributed by atoms with Gasteiger partial charge in [-0.15, -0.1) is 11.3 Å². The van der Waals surface area contributed by atoms with Gasteiger partial charge in [-0.2, -0.15) is 0 Å². The van der Waals surface area contributed by atoms with Crippen molar-refractivity contribution >= 4 is 23.1 Å². The van der Waals surface area contributed by atoms with Gasteiger partial charge >= 0.3 is 0 Å². The molecule has 0 spiro atoms. The van der Waals surface area contributed by atoms with Crippen molar-refractivity contribution in [3.8, 4) is 21.2 Å². The fourth-order valence-corrected chi connectivity index (χ4v) is 4.07. The second-order valence-corrected chi connectivity index (χ2v) is 7.39. The summed E-state index contributed by atoms with van der Waals surface area (Å²) in [6.45, 7) is 3.70. The molecule has 0 aliphatic carbocycles. The van der Waals surface area contributed by atoms with E-state index in [1.54, 1.807) is 49.2 Å². The van der Waals surface area contributed by atoms with Crippen molar-refractivity contribution < 1.29 is 13.6 Å². The van der Waals surface area contributed by atoms with Crippen molar-refractivity contribution in [2.45, 2.75) is 13.8 Å². The number of nitrogens with zero attached hydrogens (tertiary/aromatic N) is 2. The highest BCUT2D eigenvalue weighted by Gasteiger charge is 2.21. The van der Waals surface area contributed by atoms with Gasteiger partial charge in [-0.05, 0) is 43.2 Å². The molecule has 0 radical (unpaired) electrons. The maximum Gasteiger partial charge on any atom is 0.259 e. The maximum atomic E-state index is 14.0. The highest BCUT2D eigenvalue weighted by Crippen LogP contribution is 2.37. The number of halogens is 1. The number of pyridine rings is 1. The molecule has 4 heterocycles. The smallest absolute Gasteiger partial charge is 0.259 e. The van der Waals surface area contributed by atoms with Gasteiger partial charge in [0.15, 0.2) is 0 Å². The first-order valence-corrected chi connectivity index (χ1v) is 9.42. The Morgan fingerprint density at radius 3 is 2.86 bits per heavy atom. The van der Waals surface area contributed by atoms with Gasteiger partial charge in [-0.3, -0.25) is 4.79 Å². The van der Waals surface area contributed by atoms with E-state index in [1.165, 1.54) is 0 Å². The molecule has 0 saturated heterocycles. The van der Waals surface area contributed by atoms with Crippen LogP contribution in [0.3, 0.4) is 0 Å². The van der Waals surface area contributed by atoms with Crippen LogP contribution in [0, 0.1) is 6.92 Å². The lowest BCUT2D eigenvalue weighted by molar-refractivity contribution is -0.112. The Bertz CT molecular complexity index is 1080. The number of carbonyl (C=O) groups is 1. The van der Waals surface area contributed by atoms with Gasteiger partial charge in [0.2, 0.25) is 5.89 Å². The van der Waals surface area contributed by atoms with E-state index in [0.717, 1.165) is 20.9 Å². The number of dihydropyridines is 1. The first-order valence-electron chi connectivity index (χ1n) is 8.60. The number of nitrogens with one attached hydrogen (secondary N) is 2. The average molecular weight is 396 g/mol. The average Bonchev–Trinajstić information content (AvgIpc) is 3.32. The molecule has 28 heavy (non-hydrogen) atoms. The number of anilines is 1. The molecule has 0 bridgehead atoms. The number of rotatable bonds is 4. The predicted octanol–water partition coefficient (Wildman–Crippen LogP) is 4.44. The Hall–Kier alpha value is -3.26. The number of hydrogen-bond donors (Lipinski definition) is 2. The summed E-state index contributed by atoms with van der Waals surface area (Å²) in [5.74, 6) is -0.0479. The number of carbonyl (C=O) groups excluding carboxylic acids is 1. The van der Waals surface area contributed by atoms with Gasteiger partial charge in [0.05, 0.1) is 23.2 Å². The van der Waals surface area contributed by atoms with Gasteiger partial charge < -0.3 is 15.1 Å². The summed E-state index contributed by atoms with van der Waals surface area (Å²) in [6.07, 6.45) is 6.46. The minimum absolute atomic E-state index is 0.0109. The number of thiophene rings is 1. The van der Waals surface area contributed by atoms with Gasteiger partial charge in [0, 0.05) is 22.8 Å². The summed E-state index contributed by atoms with van der Waals surface area (Å²) >= 11 is 1.56. The molecule has 3 aromatic rings. The largest absolute Gasteiger partial charge is 0.444 e. The van der Waals surface area contributed by atoms with E-state index in [1.807, 2.05) is 19.1 Å². The molecule has 1 amide bonds. The predicted molar refractivity (Wildman–Crippen MR) is 106 cm³/mol. The molecular weight excluding hydrogens is 379 g/mol. The van der Waals surface area contributed by atoms with Gasteiger partial charge in [0.25, 0.3) is 5.91 Å². The van der Waals surface area contributed by atoms with E-state index in [2.05, 4.69) is 20.6 Å². The second kappa shape index (κ2) is 7.40. The Morgan fingerprint density at radius 1 is 1.32 bits per heavy atom. The number of oxazole rings is 1. The molecule has 1 aliphatic rings. The quantitative estimate of drug-likeness (QED) is 0.681. The third kappa shape index (κ3) is 3.46. The van der Waals surface area contributed by atoms with Crippen molar-refractivity contribution in [3.63, 3.8) is 0 Å². The number of hydrogen-bond acceptors (Lipinski definition) is 6. The molecule has 2 N–H and O–H groups in total. The number of aromatic nitrogens is 2. The van der Waals surface area contributed by atoms with Crippen LogP contribution < -0.4 is 10.6 Å². The minimum Gasteiger partial charge on any atom is -0.444 e. The molecule has 0 fully saturated rings. The van der Waals surface area contributed by atoms with Crippen LogP contribution in [-0.4, -0.2) is 22.4 Å². The van der Waals surface area contributed by atoms with Crippen LogP contribution in [0.4, 0.5) is 10.2 Å². The first-order chi connectivity index (χ1) is 13.5. The van der Waals surface area contributed by atoms with E-state index in [0.29, 0.717) is 17.3 Å². The summed E-state index contributed by atoms with van der Waals surface area (Å²) in [4.78, 5) is 22.9. The third-order valence-electron chi connectivity index (χ3n) is 4.30. The zero-order valence-electron chi connectivity index (χ0n) is 15.2. The fourth-order valence-electron chi connectivity index (χ4n) is 2.97. The SMILES string of the molecule is CC1=CNCC(F)=C1C(=O)Nc1ccc(-c2sc(-c3ncco3)cc2C)cn1. The Balaban J connectivity index is 1.54. The van der Waals surface area contributed by atoms with E-state index >= 15 is 0 Å². The molecule has 4 rings (SSSR count). The number of aryl methyl sites for hydroxylation is 1. The molecule has 0 saturated carbocycles. The second-order valence-electron chi connectivity index (χ2n) is 6.33. The van der Waals surface area contributed by atoms with Crippen LogP contribution in [-0.2, 0) is 4.79 Å². The molecule has 0 atom stereocenters. The van der Waals surface area contributed by atoms with E-state index in [4.69, 9.17) is 4.42 Å². The molecule has 0 aromatic carbocycles. The van der Waals surface area contributed by atoms with Crippen molar-refractivity contribution in [1.82, 2.24) is 15.3 Å². The standard InChI is InChI=1S/C20H17FN4O2S/c1-11-7-15(20-23-5-6-27-20)28-18(11)13-3-4-16(24-9-13)25-19(26)17-12(2)8-22-10-14(17)21/h3-9,22H,10H2,1-2H3,(H,24,25,26). The highest BCUT2D eigenvalue weighted by atomic mass is 32.1. The molecule has 1 aliphatic heterocycles.